The van der Waals surface area contributed by atoms with Crippen LogP contribution in [0.15, 0.2) is 12.1 Å². The number of aromatic amines is 1. The number of hydrogen-bond donors (Lipinski definition) is 1. The summed E-state index contributed by atoms with van der Waals surface area (Å²) in [6, 6.07) is 3.37. The van der Waals surface area contributed by atoms with Crippen LogP contribution in [0.5, 0.6) is 5.75 Å². The number of hydrogen-bond acceptors (Lipinski definition) is 5. The maximum atomic E-state index is 12.5. The first-order valence-electron chi connectivity index (χ1n) is 6.39. The summed E-state index contributed by atoms with van der Waals surface area (Å²) in [5.74, 6) is 0.536. The van der Waals surface area contributed by atoms with E-state index in [0.29, 0.717) is 48.3 Å². The highest BCUT2D eigenvalue weighted by Gasteiger charge is 2.24. The van der Waals surface area contributed by atoms with Crippen LogP contribution in [0, 0.1) is 0 Å². The Morgan fingerprint density at radius 1 is 1.35 bits per heavy atom. The van der Waals surface area contributed by atoms with Crippen molar-refractivity contribution in [3.63, 3.8) is 0 Å². The lowest BCUT2D eigenvalue weighted by Gasteiger charge is -2.26. The van der Waals surface area contributed by atoms with Crippen molar-refractivity contribution in [2.75, 3.05) is 20.2 Å². The summed E-state index contributed by atoms with van der Waals surface area (Å²) in [5, 5.41) is 10.3. The number of likely N-dealkylation sites (tertiary alicyclic amines) is 1. The zero-order valence-corrected chi connectivity index (χ0v) is 11.0. The van der Waals surface area contributed by atoms with Crippen LogP contribution in [0.2, 0.25) is 0 Å². The molecule has 0 radical (unpaired) electrons. The molecule has 0 spiro atoms. The lowest BCUT2D eigenvalue weighted by Crippen LogP contribution is -2.38. The Balaban J connectivity index is 1.95. The molecular formula is C13H14N4O3. The van der Waals surface area contributed by atoms with Gasteiger partial charge in [0.25, 0.3) is 5.91 Å². The average molecular weight is 274 g/mol. The van der Waals surface area contributed by atoms with Crippen LogP contribution in [0.1, 0.15) is 23.2 Å². The molecule has 1 amide bonds. The molecule has 2 heterocycles. The molecule has 1 aromatic heterocycles. The molecule has 1 aliphatic heterocycles. The van der Waals surface area contributed by atoms with E-state index in [1.54, 1.807) is 17.0 Å². The third kappa shape index (κ3) is 2.11. The van der Waals surface area contributed by atoms with Crippen molar-refractivity contribution in [2.45, 2.75) is 12.8 Å². The minimum atomic E-state index is -0.133. The Labute approximate surface area is 114 Å². The molecule has 1 aliphatic rings. The van der Waals surface area contributed by atoms with E-state index >= 15 is 0 Å². The Kier molecular flexibility index (Phi) is 3.09. The highest BCUT2D eigenvalue weighted by atomic mass is 16.5. The van der Waals surface area contributed by atoms with Crippen molar-refractivity contribution < 1.29 is 14.3 Å². The maximum Gasteiger partial charge on any atom is 0.257 e. The molecular weight excluding hydrogens is 260 g/mol. The van der Waals surface area contributed by atoms with Crippen LogP contribution in [0.3, 0.4) is 0 Å². The number of rotatable bonds is 2. The van der Waals surface area contributed by atoms with Crippen LogP contribution in [0.4, 0.5) is 0 Å². The third-order valence-electron chi connectivity index (χ3n) is 3.48. The van der Waals surface area contributed by atoms with Crippen LogP contribution in [-0.2, 0) is 4.79 Å². The minimum Gasteiger partial charge on any atom is -0.496 e. The van der Waals surface area contributed by atoms with Crippen LogP contribution >= 0.6 is 0 Å². The van der Waals surface area contributed by atoms with Gasteiger partial charge in [-0.1, -0.05) is 5.21 Å². The van der Waals surface area contributed by atoms with Gasteiger partial charge in [0.15, 0.2) is 0 Å². The molecule has 0 saturated carbocycles. The molecule has 20 heavy (non-hydrogen) atoms. The number of carbonyl (C=O) groups is 2. The van der Waals surface area contributed by atoms with Gasteiger partial charge < -0.3 is 9.64 Å². The Morgan fingerprint density at radius 3 is 2.80 bits per heavy atom. The summed E-state index contributed by atoms with van der Waals surface area (Å²) in [7, 11) is 1.51. The largest absolute Gasteiger partial charge is 0.496 e. The van der Waals surface area contributed by atoms with E-state index in [2.05, 4.69) is 15.4 Å². The van der Waals surface area contributed by atoms with Gasteiger partial charge in [0.2, 0.25) is 0 Å². The monoisotopic (exact) mass is 274 g/mol. The predicted octanol–water partition coefficient (Wildman–Crippen LogP) is 0.772. The van der Waals surface area contributed by atoms with Gasteiger partial charge in [-0.3, -0.25) is 14.7 Å². The topological polar surface area (TPSA) is 88.2 Å². The SMILES string of the molecule is COc1cc2nn[nH]c2cc1C(=O)N1CCC(=O)CC1. The summed E-state index contributed by atoms with van der Waals surface area (Å²) >= 11 is 0. The quantitative estimate of drug-likeness (QED) is 0.874. The number of aromatic nitrogens is 3. The first kappa shape index (κ1) is 12.6. The van der Waals surface area contributed by atoms with Crippen molar-refractivity contribution in [3.05, 3.63) is 17.7 Å². The molecule has 7 heteroatoms. The van der Waals surface area contributed by atoms with E-state index in [1.807, 2.05) is 0 Å². The summed E-state index contributed by atoms with van der Waals surface area (Å²) in [5.41, 5.74) is 1.79. The van der Waals surface area contributed by atoms with E-state index in [9.17, 15) is 9.59 Å². The standard InChI is InChI=1S/C13H14N4O3/c1-20-12-7-11-10(14-16-15-11)6-9(12)13(19)17-4-2-8(18)3-5-17/h6-7H,2-5H2,1H3,(H,14,15,16). The fourth-order valence-corrected chi connectivity index (χ4v) is 2.34. The molecule has 1 saturated heterocycles. The summed E-state index contributed by atoms with van der Waals surface area (Å²) < 4.78 is 5.26. The number of ether oxygens (including phenoxy) is 1. The fourth-order valence-electron chi connectivity index (χ4n) is 2.34. The first-order chi connectivity index (χ1) is 9.69. The van der Waals surface area contributed by atoms with Crippen LogP contribution in [0.25, 0.3) is 11.0 Å². The minimum absolute atomic E-state index is 0.133. The fraction of sp³-hybridized carbons (Fsp3) is 0.385. The number of amides is 1. The Hall–Kier alpha value is -2.44. The van der Waals surface area contributed by atoms with Gasteiger partial charge in [-0.05, 0) is 6.07 Å². The summed E-state index contributed by atoms with van der Waals surface area (Å²) in [6.45, 7) is 0.917. The number of methoxy groups -OCH3 is 1. The number of Topliss-reactive ketones (excluding diaryl/α,β-unsaturated/α-hetero) is 1. The van der Waals surface area contributed by atoms with Crippen molar-refractivity contribution >= 4 is 22.7 Å². The lowest BCUT2D eigenvalue weighted by atomic mass is 10.1. The molecule has 3 rings (SSSR count). The van der Waals surface area contributed by atoms with E-state index < -0.39 is 0 Å². The number of fused-ring (bicyclic) bond motifs is 1. The second-order valence-electron chi connectivity index (χ2n) is 4.71. The van der Waals surface area contributed by atoms with Crippen LogP contribution in [-0.4, -0.2) is 52.2 Å². The van der Waals surface area contributed by atoms with Gasteiger partial charge in [0, 0.05) is 32.0 Å². The Bertz CT molecular complexity index is 669. The third-order valence-corrected chi connectivity index (χ3v) is 3.48. The molecule has 1 fully saturated rings. The highest BCUT2D eigenvalue weighted by Crippen LogP contribution is 2.25. The van der Waals surface area contributed by atoms with Gasteiger partial charge >= 0.3 is 0 Å². The Morgan fingerprint density at radius 2 is 2.10 bits per heavy atom. The van der Waals surface area contributed by atoms with E-state index in [-0.39, 0.29) is 11.7 Å². The second kappa shape index (κ2) is 4.92. The van der Waals surface area contributed by atoms with E-state index in [0.717, 1.165) is 0 Å². The van der Waals surface area contributed by atoms with Crippen molar-refractivity contribution in [1.82, 2.24) is 20.3 Å². The van der Waals surface area contributed by atoms with Crippen molar-refractivity contribution in [2.24, 2.45) is 0 Å². The molecule has 1 aromatic carbocycles. The van der Waals surface area contributed by atoms with Crippen LogP contribution < -0.4 is 4.74 Å². The van der Waals surface area contributed by atoms with Crippen molar-refractivity contribution in [1.29, 1.82) is 0 Å². The second-order valence-corrected chi connectivity index (χ2v) is 4.71. The van der Waals surface area contributed by atoms with Gasteiger partial charge in [0.1, 0.15) is 17.0 Å². The molecule has 1 N–H and O–H groups in total. The van der Waals surface area contributed by atoms with E-state index in [1.165, 1.54) is 7.11 Å². The van der Waals surface area contributed by atoms with Gasteiger partial charge in [-0.25, -0.2) is 0 Å². The lowest BCUT2D eigenvalue weighted by molar-refractivity contribution is -0.120. The molecule has 0 bridgehead atoms. The summed E-state index contributed by atoms with van der Waals surface area (Å²) in [4.78, 5) is 25.5. The number of nitrogens with zero attached hydrogens (tertiary/aromatic N) is 3. The predicted molar refractivity (Wildman–Crippen MR) is 70.6 cm³/mol. The summed E-state index contributed by atoms with van der Waals surface area (Å²) in [6.07, 6.45) is 0.837. The molecule has 0 aliphatic carbocycles. The number of ketones is 1. The molecule has 104 valence electrons. The zero-order chi connectivity index (χ0) is 14.1. The van der Waals surface area contributed by atoms with Gasteiger partial charge in [-0.15, -0.1) is 5.10 Å². The highest BCUT2D eigenvalue weighted by molar-refractivity contribution is 6.01. The molecule has 2 aromatic rings. The number of benzene rings is 1. The van der Waals surface area contributed by atoms with Gasteiger partial charge in [0.05, 0.1) is 18.2 Å². The number of carbonyl (C=O) groups excluding carboxylic acids is 2. The molecule has 0 atom stereocenters. The molecule has 7 nitrogen and oxygen atoms in total. The zero-order valence-electron chi connectivity index (χ0n) is 11.0. The van der Waals surface area contributed by atoms with Gasteiger partial charge in [-0.2, -0.15) is 0 Å². The maximum absolute atomic E-state index is 12.5. The smallest absolute Gasteiger partial charge is 0.257 e. The normalized spacial score (nSPS) is 15.7. The number of H-pyrrole nitrogens is 1. The average Bonchev–Trinajstić information content (AvgIpc) is 2.93. The first-order valence-corrected chi connectivity index (χ1v) is 6.39. The molecule has 0 unspecified atom stereocenters. The van der Waals surface area contributed by atoms with Crippen molar-refractivity contribution in [3.8, 4) is 5.75 Å². The van der Waals surface area contributed by atoms with E-state index in [4.69, 9.17) is 4.74 Å². The number of piperidine rings is 1. The number of nitrogens with one attached hydrogen (secondary N) is 1.